The van der Waals surface area contributed by atoms with E-state index in [4.69, 9.17) is 4.74 Å². The Bertz CT molecular complexity index is 819. The van der Waals surface area contributed by atoms with E-state index in [0.29, 0.717) is 11.3 Å². The Kier molecular flexibility index (Phi) is 5.91. The van der Waals surface area contributed by atoms with Crippen molar-refractivity contribution in [2.75, 3.05) is 13.7 Å². The molecule has 1 N–H and O–H groups in total. The fraction of sp³-hybridized carbons (Fsp3) is 0.125. The number of hydrogen-bond acceptors (Lipinski definition) is 6. The first-order valence-electron chi connectivity index (χ1n) is 6.91. The molecule has 0 aliphatic heterocycles. The van der Waals surface area contributed by atoms with Gasteiger partial charge in [0.2, 0.25) is 0 Å². The van der Waals surface area contributed by atoms with Crippen LogP contribution in [-0.4, -0.2) is 34.3 Å². The van der Waals surface area contributed by atoms with Gasteiger partial charge in [-0.2, -0.15) is 13.5 Å². The van der Waals surface area contributed by atoms with Crippen LogP contribution in [0.5, 0.6) is 5.75 Å². The lowest BCUT2D eigenvalue weighted by Gasteiger charge is -2.05. The van der Waals surface area contributed by atoms with Crippen molar-refractivity contribution in [2.45, 2.75) is 4.90 Å². The minimum absolute atomic E-state index is 0.123. The minimum Gasteiger partial charge on any atom is -0.482 e. The molecule has 0 saturated carbocycles. The molecule has 0 amide bonds. The molecule has 24 heavy (non-hydrogen) atoms. The zero-order chi connectivity index (χ0) is 17.4. The number of nitrogens with zero attached hydrogens (tertiary/aromatic N) is 1. The van der Waals surface area contributed by atoms with Gasteiger partial charge in [0.25, 0.3) is 10.0 Å². The fourth-order valence-electron chi connectivity index (χ4n) is 1.71. The quantitative estimate of drug-likeness (QED) is 0.465. The Labute approximate surface area is 140 Å². The largest absolute Gasteiger partial charge is 0.482 e. The number of rotatable bonds is 7. The third kappa shape index (κ3) is 5.10. The lowest BCUT2D eigenvalue weighted by atomic mass is 10.2. The van der Waals surface area contributed by atoms with E-state index >= 15 is 0 Å². The zero-order valence-electron chi connectivity index (χ0n) is 12.9. The third-order valence-electron chi connectivity index (χ3n) is 2.88. The van der Waals surface area contributed by atoms with Gasteiger partial charge in [-0.3, -0.25) is 0 Å². The number of esters is 1. The molecule has 0 aromatic heterocycles. The highest BCUT2D eigenvalue weighted by Crippen LogP contribution is 2.12. The summed E-state index contributed by atoms with van der Waals surface area (Å²) in [6.07, 6.45) is 1.34. The van der Waals surface area contributed by atoms with Crippen LogP contribution >= 0.6 is 0 Å². The van der Waals surface area contributed by atoms with Crippen LogP contribution in [0.2, 0.25) is 0 Å². The molecule has 0 spiro atoms. The molecule has 0 atom stereocenters. The first-order valence-corrected chi connectivity index (χ1v) is 8.39. The molecule has 0 bridgehead atoms. The van der Waals surface area contributed by atoms with Crippen molar-refractivity contribution >= 4 is 22.2 Å². The highest BCUT2D eigenvalue weighted by Gasteiger charge is 2.11. The fourth-order valence-corrected chi connectivity index (χ4v) is 2.52. The molecule has 0 aliphatic carbocycles. The van der Waals surface area contributed by atoms with Crippen molar-refractivity contribution in [2.24, 2.45) is 5.10 Å². The number of carbonyl (C=O) groups is 1. The van der Waals surface area contributed by atoms with Crippen LogP contribution in [0.4, 0.5) is 0 Å². The SMILES string of the molecule is COC(=O)COc1cccc(/C=N/NS(=O)(=O)c2ccccc2)c1. The number of sulfonamides is 1. The molecule has 0 saturated heterocycles. The molecule has 2 rings (SSSR count). The van der Waals surface area contributed by atoms with Crippen molar-refractivity contribution in [3.63, 3.8) is 0 Å². The van der Waals surface area contributed by atoms with Crippen molar-refractivity contribution in [1.29, 1.82) is 0 Å². The average molecular weight is 348 g/mol. The van der Waals surface area contributed by atoms with E-state index in [1.807, 2.05) is 0 Å². The second-order valence-corrected chi connectivity index (χ2v) is 6.26. The number of nitrogens with one attached hydrogen (secondary N) is 1. The van der Waals surface area contributed by atoms with Crippen LogP contribution in [0, 0.1) is 0 Å². The first kappa shape index (κ1) is 17.5. The van der Waals surface area contributed by atoms with Crippen LogP contribution in [0.25, 0.3) is 0 Å². The lowest BCUT2D eigenvalue weighted by molar-refractivity contribution is -0.142. The summed E-state index contributed by atoms with van der Waals surface area (Å²) in [7, 11) is -2.43. The maximum absolute atomic E-state index is 12.0. The molecule has 8 heteroatoms. The van der Waals surface area contributed by atoms with Crippen molar-refractivity contribution in [3.05, 3.63) is 60.2 Å². The van der Waals surface area contributed by atoms with Crippen LogP contribution in [0.15, 0.2) is 64.6 Å². The summed E-state index contributed by atoms with van der Waals surface area (Å²) in [4.78, 5) is 13.3. The molecular formula is C16H16N2O5S. The number of hydrazone groups is 1. The highest BCUT2D eigenvalue weighted by molar-refractivity contribution is 7.89. The number of hydrogen-bond donors (Lipinski definition) is 1. The average Bonchev–Trinajstić information content (AvgIpc) is 2.60. The standard InChI is InChI=1S/C16H16N2O5S/c1-22-16(19)12-23-14-7-5-6-13(10-14)11-17-18-24(20,21)15-8-3-2-4-9-15/h2-11,18H,12H2,1H3/b17-11+. The number of benzene rings is 2. The Balaban J connectivity index is 2.00. The predicted molar refractivity (Wildman–Crippen MR) is 88.3 cm³/mol. The van der Waals surface area contributed by atoms with Gasteiger partial charge < -0.3 is 9.47 Å². The summed E-state index contributed by atoms with van der Waals surface area (Å²) in [5.74, 6) is -0.0556. The predicted octanol–water partition coefficient (Wildman–Crippen LogP) is 1.55. The molecule has 0 aliphatic rings. The van der Waals surface area contributed by atoms with Gasteiger partial charge in [0.15, 0.2) is 6.61 Å². The smallest absolute Gasteiger partial charge is 0.343 e. The van der Waals surface area contributed by atoms with Gasteiger partial charge in [-0.15, -0.1) is 0 Å². The summed E-state index contributed by atoms with van der Waals surface area (Å²) in [6, 6.07) is 14.6. The van der Waals surface area contributed by atoms with Crippen molar-refractivity contribution in [3.8, 4) is 5.75 Å². The summed E-state index contributed by atoms with van der Waals surface area (Å²) in [5.41, 5.74) is 0.605. The summed E-state index contributed by atoms with van der Waals surface area (Å²) < 4.78 is 33.7. The maximum atomic E-state index is 12.0. The van der Waals surface area contributed by atoms with Gasteiger partial charge in [0.1, 0.15) is 5.75 Å². The Morgan fingerprint density at radius 2 is 1.92 bits per heavy atom. The van der Waals surface area contributed by atoms with Gasteiger partial charge >= 0.3 is 5.97 Å². The van der Waals surface area contributed by atoms with Crippen LogP contribution in [0.1, 0.15) is 5.56 Å². The molecule has 0 heterocycles. The highest BCUT2D eigenvalue weighted by atomic mass is 32.2. The number of ether oxygens (including phenoxy) is 2. The van der Waals surface area contributed by atoms with Crippen LogP contribution in [0.3, 0.4) is 0 Å². The van der Waals surface area contributed by atoms with Gasteiger partial charge in [-0.05, 0) is 29.8 Å². The Morgan fingerprint density at radius 3 is 2.62 bits per heavy atom. The zero-order valence-corrected chi connectivity index (χ0v) is 13.7. The van der Waals surface area contributed by atoms with E-state index in [1.54, 1.807) is 42.5 Å². The molecule has 0 radical (unpaired) electrons. The second kappa shape index (κ2) is 8.11. The molecule has 2 aromatic rings. The van der Waals surface area contributed by atoms with Gasteiger partial charge in [-0.1, -0.05) is 30.3 Å². The van der Waals surface area contributed by atoms with Gasteiger partial charge in [0.05, 0.1) is 18.2 Å². The van der Waals surface area contributed by atoms with Crippen molar-refractivity contribution < 1.29 is 22.7 Å². The lowest BCUT2D eigenvalue weighted by Crippen LogP contribution is -2.18. The van der Waals surface area contributed by atoms with E-state index in [0.717, 1.165) is 0 Å². The van der Waals surface area contributed by atoms with Crippen molar-refractivity contribution in [1.82, 2.24) is 4.83 Å². The van der Waals surface area contributed by atoms with E-state index in [-0.39, 0.29) is 11.5 Å². The normalized spacial score (nSPS) is 11.2. The molecule has 2 aromatic carbocycles. The third-order valence-corrected chi connectivity index (χ3v) is 4.12. The molecule has 7 nitrogen and oxygen atoms in total. The molecular weight excluding hydrogens is 332 g/mol. The monoisotopic (exact) mass is 348 g/mol. The van der Waals surface area contributed by atoms with E-state index in [9.17, 15) is 13.2 Å². The first-order chi connectivity index (χ1) is 11.5. The Hall–Kier alpha value is -2.87. The molecule has 0 unspecified atom stereocenters. The van der Waals surface area contributed by atoms with Crippen LogP contribution < -0.4 is 9.57 Å². The van der Waals surface area contributed by atoms with Crippen LogP contribution in [-0.2, 0) is 19.6 Å². The molecule has 126 valence electrons. The second-order valence-electron chi connectivity index (χ2n) is 4.60. The maximum Gasteiger partial charge on any atom is 0.343 e. The molecule has 0 fully saturated rings. The number of carbonyl (C=O) groups excluding carboxylic acids is 1. The summed E-state index contributed by atoms with van der Waals surface area (Å²) in [5, 5.41) is 3.73. The van der Waals surface area contributed by atoms with E-state index in [2.05, 4.69) is 14.7 Å². The van der Waals surface area contributed by atoms with Gasteiger partial charge in [0, 0.05) is 0 Å². The number of methoxy groups -OCH3 is 1. The summed E-state index contributed by atoms with van der Waals surface area (Å²) in [6.45, 7) is -0.211. The Morgan fingerprint density at radius 1 is 1.17 bits per heavy atom. The topological polar surface area (TPSA) is 94.1 Å². The van der Waals surface area contributed by atoms with E-state index in [1.165, 1.54) is 25.5 Å². The minimum atomic E-state index is -3.71. The van der Waals surface area contributed by atoms with E-state index < -0.39 is 16.0 Å². The summed E-state index contributed by atoms with van der Waals surface area (Å²) >= 11 is 0. The van der Waals surface area contributed by atoms with Gasteiger partial charge in [-0.25, -0.2) is 9.63 Å².